The van der Waals surface area contributed by atoms with E-state index in [2.05, 4.69) is 9.71 Å². The summed E-state index contributed by atoms with van der Waals surface area (Å²) in [7, 11) is -3.94. The summed E-state index contributed by atoms with van der Waals surface area (Å²) >= 11 is 1.52. The number of hydrogen-bond acceptors (Lipinski definition) is 5. The second-order valence-electron chi connectivity index (χ2n) is 6.74. The molecule has 2 unspecified atom stereocenters. The highest BCUT2D eigenvalue weighted by Crippen LogP contribution is 2.32. The van der Waals surface area contributed by atoms with E-state index in [1.54, 1.807) is 25.3 Å². The van der Waals surface area contributed by atoms with Crippen LogP contribution in [0.3, 0.4) is 0 Å². The van der Waals surface area contributed by atoms with E-state index in [-0.39, 0.29) is 10.8 Å². The standard InChI is InChI=1S/C21H22N2O4S2/c1-3-14(2)19(21(24)25)23-29(26,27)17-11-9-16(10-12-17)20-22-13-18(28-20)15-7-5-4-6-8-15/h4-14,19,23H,3H2,1-2H3,(H,24,25). The van der Waals surface area contributed by atoms with Crippen molar-refractivity contribution in [2.75, 3.05) is 0 Å². The fourth-order valence-electron chi connectivity index (χ4n) is 2.80. The number of nitrogens with one attached hydrogen (secondary N) is 1. The van der Waals surface area contributed by atoms with Gasteiger partial charge in [0, 0.05) is 11.8 Å². The molecule has 3 aromatic rings. The lowest BCUT2D eigenvalue weighted by Crippen LogP contribution is -2.44. The van der Waals surface area contributed by atoms with E-state index >= 15 is 0 Å². The van der Waals surface area contributed by atoms with Gasteiger partial charge in [0.15, 0.2) is 0 Å². The zero-order chi connectivity index (χ0) is 21.0. The van der Waals surface area contributed by atoms with Gasteiger partial charge < -0.3 is 5.11 Å². The van der Waals surface area contributed by atoms with Crippen molar-refractivity contribution < 1.29 is 18.3 Å². The predicted octanol–water partition coefficient (Wildman–Crippen LogP) is 4.25. The molecule has 2 aromatic carbocycles. The summed E-state index contributed by atoms with van der Waals surface area (Å²) in [5, 5.41) is 10.1. The predicted molar refractivity (Wildman–Crippen MR) is 114 cm³/mol. The van der Waals surface area contributed by atoms with Gasteiger partial charge in [-0.05, 0) is 23.6 Å². The van der Waals surface area contributed by atoms with Gasteiger partial charge in [-0.3, -0.25) is 4.79 Å². The molecule has 1 aromatic heterocycles. The first kappa shape index (κ1) is 21.2. The molecule has 6 nitrogen and oxygen atoms in total. The van der Waals surface area contributed by atoms with E-state index in [0.717, 1.165) is 21.0 Å². The molecule has 29 heavy (non-hydrogen) atoms. The number of aromatic nitrogens is 1. The molecule has 0 saturated heterocycles. The Morgan fingerprint density at radius 2 is 1.76 bits per heavy atom. The molecule has 1 heterocycles. The average molecular weight is 431 g/mol. The fraction of sp³-hybridized carbons (Fsp3) is 0.238. The minimum absolute atomic E-state index is 0.0237. The first-order chi connectivity index (χ1) is 13.8. The van der Waals surface area contributed by atoms with Crippen LogP contribution in [-0.4, -0.2) is 30.5 Å². The SMILES string of the molecule is CCC(C)C(NS(=O)(=O)c1ccc(-c2ncc(-c3ccccc3)s2)cc1)C(=O)O. The van der Waals surface area contributed by atoms with Crippen molar-refractivity contribution in [2.24, 2.45) is 5.92 Å². The van der Waals surface area contributed by atoms with E-state index in [0.29, 0.717) is 6.42 Å². The van der Waals surface area contributed by atoms with Crippen LogP contribution in [0.25, 0.3) is 21.0 Å². The minimum atomic E-state index is -3.94. The summed E-state index contributed by atoms with van der Waals surface area (Å²) in [6, 6.07) is 15.0. The Kier molecular flexibility index (Phi) is 6.46. The van der Waals surface area contributed by atoms with Gasteiger partial charge in [0.2, 0.25) is 10.0 Å². The summed E-state index contributed by atoms with van der Waals surface area (Å²) in [5.74, 6) is -1.51. The number of carbonyl (C=O) groups is 1. The number of carboxylic acid groups (broad SMARTS) is 1. The fourth-order valence-corrected chi connectivity index (χ4v) is 5.03. The molecule has 0 aliphatic rings. The van der Waals surface area contributed by atoms with E-state index < -0.39 is 22.0 Å². The maximum Gasteiger partial charge on any atom is 0.322 e. The third kappa shape index (κ3) is 4.90. The molecule has 0 spiro atoms. The number of thiazole rings is 1. The lowest BCUT2D eigenvalue weighted by molar-refractivity contribution is -0.140. The van der Waals surface area contributed by atoms with Gasteiger partial charge >= 0.3 is 5.97 Å². The average Bonchev–Trinajstić information content (AvgIpc) is 3.22. The Balaban J connectivity index is 1.81. The van der Waals surface area contributed by atoms with E-state index in [1.165, 1.54) is 23.5 Å². The molecule has 152 valence electrons. The van der Waals surface area contributed by atoms with Crippen molar-refractivity contribution in [2.45, 2.75) is 31.2 Å². The second kappa shape index (κ2) is 8.86. The Morgan fingerprint density at radius 3 is 2.34 bits per heavy atom. The molecular formula is C21H22N2O4S2. The molecule has 3 rings (SSSR count). The van der Waals surface area contributed by atoms with Crippen LogP contribution in [0.15, 0.2) is 65.7 Å². The maximum atomic E-state index is 12.6. The summed E-state index contributed by atoms with van der Waals surface area (Å²) in [4.78, 5) is 16.9. The molecule has 0 radical (unpaired) electrons. The normalized spacial score (nSPS) is 13.7. The van der Waals surface area contributed by atoms with Crippen LogP contribution in [0.5, 0.6) is 0 Å². The zero-order valence-electron chi connectivity index (χ0n) is 16.1. The van der Waals surface area contributed by atoms with Crippen molar-refractivity contribution in [3.8, 4) is 21.0 Å². The lowest BCUT2D eigenvalue weighted by Gasteiger charge is -2.20. The number of benzene rings is 2. The largest absolute Gasteiger partial charge is 0.480 e. The van der Waals surface area contributed by atoms with Gasteiger partial charge in [0.25, 0.3) is 0 Å². The van der Waals surface area contributed by atoms with Crippen LogP contribution in [0.2, 0.25) is 0 Å². The number of rotatable bonds is 8. The molecule has 0 bridgehead atoms. The maximum absolute atomic E-state index is 12.6. The Morgan fingerprint density at radius 1 is 1.10 bits per heavy atom. The molecule has 0 aliphatic heterocycles. The van der Waals surface area contributed by atoms with Crippen molar-refractivity contribution in [3.05, 3.63) is 60.8 Å². The summed E-state index contributed by atoms with van der Waals surface area (Å²) in [5.41, 5.74) is 1.87. The molecule has 0 fully saturated rings. The van der Waals surface area contributed by atoms with Crippen LogP contribution in [0.4, 0.5) is 0 Å². The van der Waals surface area contributed by atoms with Crippen LogP contribution >= 0.6 is 11.3 Å². The quantitative estimate of drug-likeness (QED) is 0.557. The molecule has 0 saturated carbocycles. The third-order valence-corrected chi connectivity index (χ3v) is 7.29. The molecule has 2 N–H and O–H groups in total. The van der Waals surface area contributed by atoms with Crippen LogP contribution in [0.1, 0.15) is 20.3 Å². The Labute approximate surface area is 174 Å². The van der Waals surface area contributed by atoms with Crippen LogP contribution in [-0.2, 0) is 14.8 Å². The van der Waals surface area contributed by atoms with Gasteiger partial charge in [-0.15, -0.1) is 11.3 Å². The summed E-state index contributed by atoms with van der Waals surface area (Å²) in [6.07, 6.45) is 2.34. The van der Waals surface area contributed by atoms with Gasteiger partial charge in [-0.25, -0.2) is 13.4 Å². The highest BCUT2D eigenvalue weighted by molar-refractivity contribution is 7.89. The zero-order valence-corrected chi connectivity index (χ0v) is 17.7. The second-order valence-corrected chi connectivity index (χ2v) is 9.49. The van der Waals surface area contributed by atoms with Gasteiger partial charge in [0.05, 0.1) is 9.77 Å². The molecular weight excluding hydrogens is 408 g/mol. The first-order valence-electron chi connectivity index (χ1n) is 9.18. The number of aliphatic carboxylic acids is 1. The molecule has 0 amide bonds. The molecule has 8 heteroatoms. The van der Waals surface area contributed by atoms with Gasteiger partial charge in [-0.2, -0.15) is 4.72 Å². The lowest BCUT2D eigenvalue weighted by atomic mass is 10.0. The van der Waals surface area contributed by atoms with Crippen molar-refractivity contribution >= 4 is 27.3 Å². The smallest absolute Gasteiger partial charge is 0.322 e. The summed E-state index contributed by atoms with van der Waals surface area (Å²) < 4.78 is 27.5. The first-order valence-corrected chi connectivity index (χ1v) is 11.5. The number of carboxylic acids is 1. The van der Waals surface area contributed by atoms with E-state index in [1.807, 2.05) is 37.3 Å². The number of nitrogens with zero attached hydrogens (tertiary/aromatic N) is 1. The highest BCUT2D eigenvalue weighted by atomic mass is 32.2. The number of hydrogen-bond donors (Lipinski definition) is 2. The monoisotopic (exact) mass is 430 g/mol. The van der Waals surface area contributed by atoms with Gasteiger partial charge in [0.1, 0.15) is 11.0 Å². The Bertz CT molecular complexity index is 1080. The highest BCUT2D eigenvalue weighted by Gasteiger charge is 2.29. The van der Waals surface area contributed by atoms with Crippen molar-refractivity contribution in [3.63, 3.8) is 0 Å². The minimum Gasteiger partial charge on any atom is -0.480 e. The third-order valence-electron chi connectivity index (χ3n) is 4.74. The van der Waals surface area contributed by atoms with Crippen molar-refractivity contribution in [1.29, 1.82) is 0 Å². The molecule has 2 atom stereocenters. The van der Waals surface area contributed by atoms with E-state index in [9.17, 15) is 18.3 Å². The van der Waals surface area contributed by atoms with Crippen LogP contribution < -0.4 is 4.72 Å². The topological polar surface area (TPSA) is 96.4 Å². The molecule has 0 aliphatic carbocycles. The van der Waals surface area contributed by atoms with E-state index in [4.69, 9.17) is 0 Å². The van der Waals surface area contributed by atoms with Crippen molar-refractivity contribution in [1.82, 2.24) is 9.71 Å². The van der Waals surface area contributed by atoms with Crippen LogP contribution in [0, 0.1) is 5.92 Å². The Hall–Kier alpha value is -2.55. The van der Waals surface area contributed by atoms with Gasteiger partial charge in [-0.1, -0.05) is 62.7 Å². The number of sulfonamides is 1. The summed E-state index contributed by atoms with van der Waals surface area (Å²) in [6.45, 7) is 3.53.